The number of halogens is 2. The first kappa shape index (κ1) is 24.6. The molecule has 2 N–H and O–H groups in total. The zero-order valence-electron chi connectivity index (χ0n) is 21.6. The van der Waals surface area contributed by atoms with Gasteiger partial charge in [0.25, 0.3) is 0 Å². The summed E-state index contributed by atoms with van der Waals surface area (Å²) in [6.07, 6.45) is 7.03. The van der Waals surface area contributed by atoms with Crippen LogP contribution in [0.2, 0.25) is 5.02 Å². The molecular weight excluding hydrogens is 501 g/mol. The molecule has 0 aliphatic heterocycles. The number of anilines is 2. The normalized spacial score (nSPS) is 20.8. The van der Waals surface area contributed by atoms with Crippen molar-refractivity contribution in [2.75, 3.05) is 17.2 Å². The summed E-state index contributed by atoms with van der Waals surface area (Å²) in [7, 11) is 0. The standard InChI is InChI=1S/C29H29ClFN7/c1-28(2,3)16-34-25-19(13-32)14-33-27-22(25)8-21(9-23(27)30)35-26(18-4-6-20(31)7-5-18)24-15-38(37-36-24)29-10-17(11-29)12-29/h4-9,14-15,17,26,35H,10-12,16H2,1-3H3,(H,33,34). The molecule has 1 atom stereocenters. The molecular formula is C29H29ClFN7. The minimum Gasteiger partial charge on any atom is -0.383 e. The summed E-state index contributed by atoms with van der Waals surface area (Å²) >= 11 is 6.72. The Labute approximate surface area is 226 Å². The van der Waals surface area contributed by atoms with Crippen LogP contribution >= 0.6 is 11.6 Å². The van der Waals surface area contributed by atoms with E-state index in [2.05, 4.69) is 52.8 Å². The summed E-state index contributed by atoms with van der Waals surface area (Å²) in [6.45, 7) is 7.05. The number of aromatic nitrogens is 4. The smallest absolute Gasteiger partial charge is 0.123 e. The van der Waals surface area contributed by atoms with E-state index >= 15 is 0 Å². The molecule has 38 heavy (non-hydrogen) atoms. The third kappa shape index (κ3) is 4.35. The molecule has 0 spiro atoms. The van der Waals surface area contributed by atoms with Crippen molar-refractivity contribution in [1.29, 1.82) is 5.26 Å². The van der Waals surface area contributed by atoms with Gasteiger partial charge in [0.1, 0.15) is 17.6 Å². The van der Waals surface area contributed by atoms with Crippen LogP contribution < -0.4 is 10.6 Å². The zero-order valence-corrected chi connectivity index (χ0v) is 22.3. The summed E-state index contributed by atoms with van der Waals surface area (Å²) < 4.78 is 15.8. The van der Waals surface area contributed by atoms with Crippen molar-refractivity contribution in [3.8, 4) is 6.07 Å². The molecule has 2 heterocycles. The minimum atomic E-state index is -0.386. The maximum absolute atomic E-state index is 13.8. The van der Waals surface area contributed by atoms with Gasteiger partial charge in [0.2, 0.25) is 0 Å². The average Bonchev–Trinajstić information content (AvgIpc) is 3.28. The van der Waals surface area contributed by atoms with E-state index in [0.29, 0.717) is 28.3 Å². The van der Waals surface area contributed by atoms with Gasteiger partial charge in [-0.3, -0.25) is 4.98 Å². The van der Waals surface area contributed by atoms with E-state index in [-0.39, 0.29) is 22.8 Å². The lowest BCUT2D eigenvalue weighted by atomic mass is 9.50. The van der Waals surface area contributed by atoms with E-state index < -0.39 is 0 Å². The van der Waals surface area contributed by atoms with Gasteiger partial charge in [-0.2, -0.15) is 5.26 Å². The molecule has 0 radical (unpaired) electrons. The van der Waals surface area contributed by atoms with Crippen LogP contribution in [0, 0.1) is 28.5 Å². The lowest BCUT2D eigenvalue weighted by molar-refractivity contribution is -0.0989. The number of fused-ring (bicyclic) bond motifs is 1. The molecule has 7 rings (SSSR count). The number of hydrogen-bond donors (Lipinski definition) is 2. The van der Waals surface area contributed by atoms with Crippen molar-refractivity contribution in [2.45, 2.75) is 51.6 Å². The highest BCUT2D eigenvalue weighted by molar-refractivity contribution is 6.35. The number of rotatable bonds is 7. The first-order chi connectivity index (χ1) is 18.1. The predicted octanol–water partition coefficient (Wildman–Crippen LogP) is 6.66. The molecule has 1 unspecified atom stereocenters. The molecule has 3 aliphatic rings. The van der Waals surface area contributed by atoms with Crippen molar-refractivity contribution in [2.24, 2.45) is 11.3 Å². The summed E-state index contributed by atoms with van der Waals surface area (Å²) in [4.78, 5) is 4.46. The second-order valence-electron chi connectivity index (χ2n) is 11.8. The lowest BCUT2D eigenvalue weighted by Crippen LogP contribution is -2.59. The van der Waals surface area contributed by atoms with Gasteiger partial charge in [-0.25, -0.2) is 9.07 Å². The third-order valence-electron chi connectivity index (χ3n) is 7.65. The molecule has 2 aromatic carbocycles. The molecule has 4 aromatic rings. The molecule has 3 fully saturated rings. The minimum absolute atomic E-state index is 0.00186. The second-order valence-corrected chi connectivity index (χ2v) is 12.3. The maximum atomic E-state index is 13.8. The van der Waals surface area contributed by atoms with E-state index in [1.807, 2.05) is 23.0 Å². The quantitative estimate of drug-likeness (QED) is 0.278. The molecule has 194 valence electrons. The van der Waals surface area contributed by atoms with Crippen LogP contribution in [0.5, 0.6) is 0 Å². The van der Waals surface area contributed by atoms with Gasteiger partial charge in [0.05, 0.1) is 39.6 Å². The number of nitriles is 1. The van der Waals surface area contributed by atoms with Gasteiger partial charge in [-0.1, -0.05) is 49.7 Å². The van der Waals surface area contributed by atoms with Crippen LogP contribution in [-0.2, 0) is 5.54 Å². The van der Waals surface area contributed by atoms with Crippen molar-refractivity contribution in [3.63, 3.8) is 0 Å². The summed E-state index contributed by atoms with van der Waals surface area (Å²) in [5.74, 6) is 0.518. The number of pyridine rings is 1. The molecule has 0 saturated heterocycles. The highest BCUT2D eigenvalue weighted by atomic mass is 35.5. The topological polar surface area (TPSA) is 91.5 Å². The van der Waals surface area contributed by atoms with Crippen LogP contribution in [0.25, 0.3) is 10.9 Å². The van der Waals surface area contributed by atoms with E-state index in [0.717, 1.165) is 47.5 Å². The summed E-state index contributed by atoms with van der Waals surface area (Å²) in [5, 5.41) is 27.0. The molecule has 2 aromatic heterocycles. The summed E-state index contributed by atoms with van der Waals surface area (Å²) in [5.41, 5.74) is 4.20. The lowest BCUT2D eigenvalue weighted by Gasteiger charge is -2.61. The second kappa shape index (κ2) is 8.95. The Balaban J connectivity index is 1.40. The molecule has 9 heteroatoms. The van der Waals surface area contributed by atoms with E-state index in [1.165, 1.54) is 12.1 Å². The Morgan fingerprint density at radius 3 is 2.58 bits per heavy atom. The Morgan fingerprint density at radius 2 is 1.95 bits per heavy atom. The Morgan fingerprint density at radius 1 is 1.21 bits per heavy atom. The Kier molecular flexibility index (Phi) is 5.80. The van der Waals surface area contributed by atoms with Crippen LogP contribution in [0.4, 0.5) is 15.8 Å². The molecule has 2 bridgehead atoms. The number of benzene rings is 2. The van der Waals surface area contributed by atoms with Gasteiger partial charge in [0, 0.05) is 23.8 Å². The van der Waals surface area contributed by atoms with Crippen LogP contribution in [0.1, 0.15) is 62.9 Å². The Bertz CT molecular complexity index is 1550. The van der Waals surface area contributed by atoms with E-state index in [1.54, 1.807) is 18.3 Å². The van der Waals surface area contributed by atoms with E-state index in [4.69, 9.17) is 11.6 Å². The number of nitrogens with one attached hydrogen (secondary N) is 2. The molecule has 0 amide bonds. The van der Waals surface area contributed by atoms with Crippen LogP contribution in [-0.4, -0.2) is 26.5 Å². The van der Waals surface area contributed by atoms with Gasteiger partial charge in [0.15, 0.2) is 0 Å². The molecule has 3 saturated carbocycles. The van der Waals surface area contributed by atoms with Gasteiger partial charge in [-0.05, 0) is 60.4 Å². The van der Waals surface area contributed by atoms with E-state index in [9.17, 15) is 9.65 Å². The first-order valence-electron chi connectivity index (χ1n) is 12.9. The van der Waals surface area contributed by atoms with Gasteiger partial charge < -0.3 is 10.6 Å². The van der Waals surface area contributed by atoms with Crippen molar-refractivity contribution < 1.29 is 4.39 Å². The highest BCUT2D eigenvalue weighted by Gasteiger charge is 2.58. The fraction of sp³-hybridized carbons (Fsp3) is 0.379. The molecule has 3 aliphatic carbocycles. The van der Waals surface area contributed by atoms with Gasteiger partial charge in [-0.15, -0.1) is 5.10 Å². The highest BCUT2D eigenvalue weighted by Crippen LogP contribution is 2.62. The largest absolute Gasteiger partial charge is 0.383 e. The fourth-order valence-corrected chi connectivity index (χ4v) is 5.74. The summed E-state index contributed by atoms with van der Waals surface area (Å²) in [6, 6.07) is 12.0. The SMILES string of the molecule is CC(C)(C)CNc1c(C#N)cnc2c(Cl)cc(NC(c3ccc(F)cc3)c3cn(C45CC(C4)C5)nn3)cc12. The van der Waals surface area contributed by atoms with Crippen molar-refractivity contribution in [1.82, 2.24) is 20.0 Å². The van der Waals surface area contributed by atoms with Crippen molar-refractivity contribution in [3.05, 3.63) is 76.5 Å². The van der Waals surface area contributed by atoms with Crippen LogP contribution in [0.15, 0.2) is 48.8 Å². The Hall–Kier alpha value is -3.70. The zero-order chi connectivity index (χ0) is 26.7. The predicted molar refractivity (Wildman–Crippen MR) is 147 cm³/mol. The van der Waals surface area contributed by atoms with Gasteiger partial charge >= 0.3 is 0 Å². The maximum Gasteiger partial charge on any atom is 0.123 e. The third-order valence-corrected chi connectivity index (χ3v) is 7.94. The first-order valence-corrected chi connectivity index (χ1v) is 13.2. The van der Waals surface area contributed by atoms with Crippen LogP contribution in [0.3, 0.4) is 0 Å². The van der Waals surface area contributed by atoms with Crippen molar-refractivity contribution >= 4 is 33.9 Å². The fourth-order valence-electron chi connectivity index (χ4n) is 5.48. The monoisotopic (exact) mass is 529 g/mol. The number of hydrogen-bond acceptors (Lipinski definition) is 6. The molecule has 7 nitrogen and oxygen atoms in total. The number of nitrogens with zero attached hydrogens (tertiary/aromatic N) is 5. The average molecular weight is 530 g/mol.